The molecule has 0 heterocycles. The van der Waals surface area contributed by atoms with Gasteiger partial charge in [0, 0.05) is 12.6 Å². The van der Waals surface area contributed by atoms with Crippen molar-refractivity contribution in [3.63, 3.8) is 0 Å². The van der Waals surface area contributed by atoms with Crippen molar-refractivity contribution in [1.82, 2.24) is 4.90 Å². The summed E-state index contributed by atoms with van der Waals surface area (Å²) in [6.07, 6.45) is 4.66. The number of hydrogen-bond donors (Lipinski definition) is 1. The number of hydrogen-bond acceptors (Lipinski definition) is 4. The maximum absolute atomic E-state index is 11.5. The standard InChI is InChI=1S/C11H20N2O2S/c1-8(11(14)15-2)13(7-10(12)16)9-5-3-4-6-9/h8-9H,3-7H2,1-2H3,(H2,12,16). The van der Waals surface area contributed by atoms with Gasteiger partial charge in [0.05, 0.1) is 12.1 Å². The van der Waals surface area contributed by atoms with E-state index in [0.29, 0.717) is 17.6 Å². The molecule has 0 aromatic carbocycles. The number of nitrogens with zero attached hydrogens (tertiary/aromatic N) is 1. The van der Waals surface area contributed by atoms with Crippen LogP contribution in [0.1, 0.15) is 32.6 Å². The van der Waals surface area contributed by atoms with Crippen molar-refractivity contribution in [3.05, 3.63) is 0 Å². The van der Waals surface area contributed by atoms with E-state index < -0.39 is 0 Å². The van der Waals surface area contributed by atoms with Crippen molar-refractivity contribution >= 4 is 23.2 Å². The summed E-state index contributed by atoms with van der Waals surface area (Å²) >= 11 is 4.93. The molecule has 1 saturated carbocycles. The highest BCUT2D eigenvalue weighted by molar-refractivity contribution is 7.80. The molecule has 1 rings (SSSR count). The summed E-state index contributed by atoms with van der Waals surface area (Å²) < 4.78 is 4.77. The molecular weight excluding hydrogens is 224 g/mol. The summed E-state index contributed by atoms with van der Waals surface area (Å²) in [4.78, 5) is 14.0. The van der Waals surface area contributed by atoms with E-state index in [1.165, 1.54) is 20.0 Å². The maximum atomic E-state index is 11.5. The van der Waals surface area contributed by atoms with Gasteiger partial charge < -0.3 is 10.5 Å². The Morgan fingerprint density at radius 1 is 1.56 bits per heavy atom. The summed E-state index contributed by atoms with van der Waals surface area (Å²) in [5.41, 5.74) is 5.58. The molecule has 0 amide bonds. The van der Waals surface area contributed by atoms with Gasteiger partial charge in [-0.15, -0.1) is 0 Å². The van der Waals surface area contributed by atoms with Crippen LogP contribution < -0.4 is 5.73 Å². The minimum Gasteiger partial charge on any atom is -0.468 e. The van der Waals surface area contributed by atoms with Gasteiger partial charge in [0.15, 0.2) is 0 Å². The Balaban J connectivity index is 2.68. The molecule has 1 aliphatic rings. The zero-order chi connectivity index (χ0) is 12.1. The van der Waals surface area contributed by atoms with Gasteiger partial charge in [0.2, 0.25) is 0 Å². The number of nitrogens with two attached hydrogens (primary N) is 1. The molecule has 0 radical (unpaired) electrons. The van der Waals surface area contributed by atoms with E-state index in [-0.39, 0.29) is 12.0 Å². The van der Waals surface area contributed by atoms with Crippen molar-refractivity contribution < 1.29 is 9.53 Å². The average molecular weight is 244 g/mol. The molecule has 1 aliphatic carbocycles. The van der Waals surface area contributed by atoms with Crippen molar-refractivity contribution in [2.45, 2.75) is 44.7 Å². The normalized spacial score (nSPS) is 18.7. The fraction of sp³-hybridized carbons (Fsp3) is 0.818. The fourth-order valence-electron chi connectivity index (χ4n) is 2.30. The Kier molecular flexibility index (Phi) is 5.15. The Morgan fingerprint density at radius 2 is 2.12 bits per heavy atom. The summed E-state index contributed by atoms with van der Waals surface area (Å²) in [5, 5.41) is 0. The van der Waals surface area contributed by atoms with Crippen LogP contribution in [0.2, 0.25) is 0 Å². The van der Waals surface area contributed by atoms with Crippen molar-refractivity contribution in [1.29, 1.82) is 0 Å². The van der Waals surface area contributed by atoms with Gasteiger partial charge in [-0.25, -0.2) is 0 Å². The largest absolute Gasteiger partial charge is 0.468 e. The Hall–Kier alpha value is -0.680. The lowest BCUT2D eigenvalue weighted by Gasteiger charge is -2.32. The zero-order valence-corrected chi connectivity index (χ0v) is 10.8. The van der Waals surface area contributed by atoms with E-state index in [1.807, 2.05) is 6.92 Å². The molecule has 5 heteroatoms. The first-order valence-electron chi connectivity index (χ1n) is 5.68. The first-order chi connectivity index (χ1) is 7.56. The van der Waals surface area contributed by atoms with Gasteiger partial charge in [0.1, 0.15) is 6.04 Å². The first kappa shape index (κ1) is 13.4. The van der Waals surface area contributed by atoms with Gasteiger partial charge in [-0.2, -0.15) is 0 Å². The minimum absolute atomic E-state index is 0.219. The second kappa shape index (κ2) is 6.15. The number of esters is 1. The Labute approximate surface area is 102 Å². The molecule has 4 nitrogen and oxygen atoms in total. The number of carbonyl (C=O) groups is 1. The van der Waals surface area contributed by atoms with E-state index >= 15 is 0 Å². The molecule has 0 aromatic heterocycles. The lowest BCUT2D eigenvalue weighted by atomic mass is 10.1. The van der Waals surface area contributed by atoms with Gasteiger partial charge in [-0.1, -0.05) is 25.1 Å². The number of thiocarbonyl (C=S) groups is 1. The minimum atomic E-state index is -0.269. The number of carbonyl (C=O) groups excluding carboxylic acids is 1. The van der Waals surface area contributed by atoms with Crippen LogP contribution in [0.15, 0.2) is 0 Å². The third kappa shape index (κ3) is 3.42. The van der Waals surface area contributed by atoms with Crippen LogP contribution in [0.4, 0.5) is 0 Å². The van der Waals surface area contributed by atoms with Crippen LogP contribution >= 0.6 is 12.2 Å². The quantitative estimate of drug-likeness (QED) is 0.579. The van der Waals surface area contributed by atoms with Crippen LogP contribution in [0, 0.1) is 0 Å². The van der Waals surface area contributed by atoms with Crippen LogP contribution in [0.25, 0.3) is 0 Å². The number of methoxy groups -OCH3 is 1. The van der Waals surface area contributed by atoms with E-state index in [9.17, 15) is 4.79 Å². The zero-order valence-electron chi connectivity index (χ0n) is 9.94. The number of ether oxygens (including phenoxy) is 1. The van der Waals surface area contributed by atoms with Crippen LogP contribution in [-0.4, -0.2) is 41.6 Å². The van der Waals surface area contributed by atoms with Crippen LogP contribution in [-0.2, 0) is 9.53 Å². The van der Waals surface area contributed by atoms with Crippen molar-refractivity contribution in [2.24, 2.45) is 5.73 Å². The third-order valence-corrected chi connectivity index (χ3v) is 3.30. The predicted octanol–water partition coefficient (Wildman–Crippen LogP) is 1.08. The van der Waals surface area contributed by atoms with Gasteiger partial charge in [0.25, 0.3) is 0 Å². The highest BCUT2D eigenvalue weighted by Gasteiger charge is 2.30. The molecule has 0 bridgehead atoms. The molecule has 1 unspecified atom stereocenters. The van der Waals surface area contributed by atoms with E-state index in [1.54, 1.807) is 0 Å². The summed E-state index contributed by atoms with van der Waals surface area (Å²) in [7, 11) is 1.41. The molecule has 0 aromatic rings. The predicted molar refractivity (Wildman–Crippen MR) is 67.2 cm³/mol. The SMILES string of the molecule is COC(=O)C(C)N(CC(N)=S)C1CCCC1. The topological polar surface area (TPSA) is 55.6 Å². The highest BCUT2D eigenvalue weighted by atomic mass is 32.1. The molecule has 16 heavy (non-hydrogen) atoms. The molecule has 0 saturated heterocycles. The average Bonchev–Trinajstić information content (AvgIpc) is 2.76. The first-order valence-corrected chi connectivity index (χ1v) is 6.09. The van der Waals surface area contributed by atoms with E-state index in [0.717, 1.165) is 12.8 Å². The lowest BCUT2D eigenvalue weighted by molar-refractivity contribution is -0.146. The third-order valence-electron chi connectivity index (χ3n) is 3.17. The van der Waals surface area contributed by atoms with Crippen molar-refractivity contribution in [2.75, 3.05) is 13.7 Å². The lowest BCUT2D eigenvalue weighted by Crippen LogP contribution is -2.48. The van der Waals surface area contributed by atoms with Crippen molar-refractivity contribution in [3.8, 4) is 0 Å². The summed E-state index contributed by atoms with van der Waals surface area (Å²) in [5.74, 6) is -0.219. The Bertz CT molecular complexity index is 265. The van der Waals surface area contributed by atoms with E-state index in [2.05, 4.69) is 4.90 Å². The summed E-state index contributed by atoms with van der Waals surface area (Å²) in [6.45, 7) is 2.35. The van der Waals surface area contributed by atoms with Gasteiger partial charge >= 0.3 is 5.97 Å². The fourth-order valence-corrected chi connectivity index (χ4v) is 2.45. The van der Waals surface area contributed by atoms with E-state index in [4.69, 9.17) is 22.7 Å². The van der Waals surface area contributed by atoms with Crippen LogP contribution in [0.5, 0.6) is 0 Å². The maximum Gasteiger partial charge on any atom is 0.322 e. The molecule has 2 N–H and O–H groups in total. The molecule has 1 fully saturated rings. The van der Waals surface area contributed by atoms with Gasteiger partial charge in [-0.3, -0.25) is 9.69 Å². The second-order valence-corrected chi connectivity index (χ2v) is 4.80. The molecule has 0 spiro atoms. The smallest absolute Gasteiger partial charge is 0.322 e. The molecule has 0 aliphatic heterocycles. The monoisotopic (exact) mass is 244 g/mol. The highest BCUT2D eigenvalue weighted by Crippen LogP contribution is 2.25. The van der Waals surface area contributed by atoms with Gasteiger partial charge in [-0.05, 0) is 19.8 Å². The van der Waals surface area contributed by atoms with Crippen LogP contribution in [0.3, 0.4) is 0 Å². The molecule has 1 atom stereocenters. The second-order valence-electron chi connectivity index (χ2n) is 4.28. The molecular formula is C11H20N2O2S. The molecule has 92 valence electrons. The number of rotatable bonds is 5. The summed E-state index contributed by atoms with van der Waals surface area (Å²) in [6, 6.07) is 0.144. The Morgan fingerprint density at radius 3 is 2.56 bits per heavy atom.